The lowest BCUT2D eigenvalue weighted by molar-refractivity contribution is 0.0770. The number of aromatic nitrogens is 2. The largest absolute Gasteiger partial charge is 0.338 e. The van der Waals surface area contributed by atoms with E-state index >= 15 is 0 Å². The summed E-state index contributed by atoms with van der Waals surface area (Å²) < 4.78 is 61.0. The molecule has 2 heterocycles. The maximum absolute atomic E-state index is 14.4. The number of benzene rings is 2. The minimum Gasteiger partial charge on any atom is -0.338 e. The zero-order chi connectivity index (χ0) is 26.1. The van der Waals surface area contributed by atoms with Crippen molar-refractivity contribution in [2.75, 3.05) is 35.2 Å². The van der Waals surface area contributed by atoms with Crippen LogP contribution in [0.1, 0.15) is 15.9 Å². The van der Waals surface area contributed by atoms with Crippen LogP contribution < -0.4 is 15.8 Å². The normalized spacial score (nSPS) is 15.4. The van der Waals surface area contributed by atoms with E-state index in [1.54, 1.807) is 43.3 Å². The van der Waals surface area contributed by atoms with E-state index in [4.69, 9.17) is 5.14 Å². The average Bonchev–Trinajstić information content (AvgIpc) is 2.82. The smallest absolute Gasteiger partial charge is 0.253 e. The maximum atomic E-state index is 14.4. The van der Waals surface area contributed by atoms with Gasteiger partial charge in [-0.25, -0.2) is 31.3 Å². The van der Waals surface area contributed by atoms with Crippen LogP contribution in [0.15, 0.2) is 53.6 Å². The fourth-order valence-corrected chi connectivity index (χ4v) is 5.57. The number of nitrogens with two attached hydrogens (primary N) is 1. The van der Waals surface area contributed by atoms with Crippen molar-refractivity contribution in [3.63, 3.8) is 0 Å². The number of amides is 1. The fraction of sp³-hybridized carbons (Fsp3) is 0.227. The number of aryl methyl sites for hydroxylation is 1. The van der Waals surface area contributed by atoms with E-state index in [0.717, 1.165) is 6.20 Å². The minimum absolute atomic E-state index is 0.00923. The quantitative estimate of drug-likeness (QED) is 0.428. The van der Waals surface area contributed by atoms with Gasteiger partial charge < -0.3 is 15.5 Å². The van der Waals surface area contributed by atoms with Gasteiger partial charge in [0.2, 0.25) is 16.0 Å². The second kappa shape index (κ2) is 9.79. The van der Waals surface area contributed by atoms with Crippen LogP contribution in [-0.2, 0) is 19.9 Å². The zero-order valence-electron chi connectivity index (χ0n) is 19.1. The molecule has 1 aliphatic rings. The van der Waals surface area contributed by atoms with Crippen molar-refractivity contribution >= 4 is 48.9 Å². The van der Waals surface area contributed by atoms with Crippen LogP contribution >= 0.6 is 0 Å². The number of primary sulfonamides is 1. The first-order valence-corrected chi connectivity index (χ1v) is 14.1. The van der Waals surface area contributed by atoms with Crippen LogP contribution in [0.2, 0.25) is 0 Å². The summed E-state index contributed by atoms with van der Waals surface area (Å²) in [5, 5.41) is 10.9. The first kappa shape index (κ1) is 25.5. The molecule has 14 heteroatoms. The molecule has 0 radical (unpaired) electrons. The Kier molecular flexibility index (Phi) is 6.93. The van der Waals surface area contributed by atoms with Gasteiger partial charge in [-0.15, -0.1) is 0 Å². The number of sulfonamides is 1. The number of halogens is 1. The molecule has 36 heavy (non-hydrogen) atoms. The molecule has 11 nitrogen and oxygen atoms in total. The Morgan fingerprint density at radius 2 is 1.69 bits per heavy atom. The second-order valence-electron chi connectivity index (χ2n) is 8.19. The molecule has 3 aromatic rings. The van der Waals surface area contributed by atoms with Crippen molar-refractivity contribution in [3.8, 4) is 0 Å². The molecule has 1 aliphatic heterocycles. The average molecular weight is 535 g/mol. The molecule has 0 unspecified atom stereocenters. The Bertz CT molecular complexity index is 1510. The predicted molar refractivity (Wildman–Crippen MR) is 132 cm³/mol. The van der Waals surface area contributed by atoms with Crippen molar-refractivity contribution in [2.45, 2.75) is 11.8 Å². The van der Waals surface area contributed by atoms with Gasteiger partial charge in [0, 0.05) is 30.0 Å². The van der Waals surface area contributed by atoms with Crippen LogP contribution in [-0.4, -0.2) is 62.2 Å². The van der Waals surface area contributed by atoms with Crippen molar-refractivity contribution < 1.29 is 26.0 Å². The molecule has 4 rings (SSSR count). The number of nitrogens with zero attached hydrogens (tertiary/aromatic N) is 3. The highest BCUT2D eigenvalue weighted by Crippen LogP contribution is 2.24. The molecule has 1 amide bonds. The highest BCUT2D eigenvalue weighted by Gasteiger charge is 2.25. The molecule has 1 fully saturated rings. The van der Waals surface area contributed by atoms with Crippen molar-refractivity contribution in [2.24, 2.45) is 5.14 Å². The van der Waals surface area contributed by atoms with E-state index in [9.17, 15) is 26.0 Å². The summed E-state index contributed by atoms with van der Waals surface area (Å²) in [7, 11) is -7.03. The molecule has 2 aromatic carbocycles. The lowest BCUT2D eigenvalue weighted by Crippen LogP contribution is -2.43. The number of nitrogens with one attached hydrogen (secondary N) is 2. The van der Waals surface area contributed by atoms with Crippen LogP contribution in [0.4, 0.5) is 27.5 Å². The van der Waals surface area contributed by atoms with E-state index in [2.05, 4.69) is 20.6 Å². The number of anilines is 4. The number of hydrogen-bond donors (Lipinski definition) is 3. The summed E-state index contributed by atoms with van der Waals surface area (Å²) in [6, 6.07) is 10.7. The van der Waals surface area contributed by atoms with Gasteiger partial charge in [-0.05, 0) is 48.9 Å². The molecule has 190 valence electrons. The molecule has 0 spiro atoms. The fourth-order valence-electron chi connectivity index (χ4n) is 3.56. The third-order valence-corrected chi connectivity index (χ3v) is 8.18. The van der Waals surface area contributed by atoms with Crippen molar-refractivity contribution in [3.05, 3.63) is 65.6 Å². The standard InChI is InChI=1S/C22H23FN6O5S2/c1-14-2-5-17(12-19(14)36(24,33)34)27-22-25-13-18(23)20(28-22)26-16-6-3-15(4-7-16)21(30)29-8-10-35(31,32)11-9-29/h2-7,12-13H,8-11H2,1H3,(H2,24,33,34)(H2,25,26,27,28). The Morgan fingerprint density at radius 3 is 2.33 bits per heavy atom. The van der Waals surface area contributed by atoms with Gasteiger partial charge in [-0.2, -0.15) is 4.98 Å². The van der Waals surface area contributed by atoms with Gasteiger partial charge in [-0.3, -0.25) is 4.79 Å². The van der Waals surface area contributed by atoms with Crippen molar-refractivity contribution in [1.82, 2.24) is 14.9 Å². The second-order valence-corrected chi connectivity index (χ2v) is 12.0. The van der Waals surface area contributed by atoms with E-state index in [1.165, 1.54) is 11.0 Å². The molecule has 4 N–H and O–H groups in total. The zero-order valence-corrected chi connectivity index (χ0v) is 20.7. The third kappa shape index (κ3) is 5.95. The summed E-state index contributed by atoms with van der Waals surface area (Å²) in [5.41, 5.74) is 1.63. The van der Waals surface area contributed by atoms with E-state index in [-0.39, 0.29) is 47.2 Å². The predicted octanol–water partition coefficient (Wildman–Crippen LogP) is 1.93. The van der Waals surface area contributed by atoms with Crippen LogP contribution in [0.25, 0.3) is 0 Å². The van der Waals surface area contributed by atoms with Gasteiger partial charge >= 0.3 is 0 Å². The van der Waals surface area contributed by atoms with Crippen molar-refractivity contribution in [1.29, 1.82) is 0 Å². The Hall–Kier alpha value is -3.62. The first-order chi connectivity index (χ1) is 16.9. The molecular formula is C22H23FN6O5S2. The van der Waals surface area contributed by atoms with Crippen LogP contribution in [0, 0.1) is 12.7 Å². The summed E-state index contributed by atoms with van der Waals surface area (Å²) in [5.74, 6) is -1.28. The van der Waals surface area contributed by atoms with E-state index in [1.807, 2.05) is 0 Å². The van der Waals surface area contributed by atoms with Gasteiger partial charge in [-0.1, -0.05) is 6.07 Å². The number of sulfone groups is 1. The Morgan fingerprint density at radius 1 is 1.06 bits per heavy atom. The Labute approximate surface area is 207 Å². The lowest BCUT2D eigenvalue weighted by atomic mass is 10.1. The molecule has 0 saturated carbocycles. The molecule has 0 aliphatic carbocycles. The number of hydrogen-bond acceptors (Lipinski definition) is 9. The monoisotopic (exact) mass is 534 g/mol. The third-order valence-electron chi connectivity index (χ3n) is 5.52. The minimum atomic E-state index is -3.93. The van der Waals surface area contributed by atoms with Crippen LogP contribution in [0.3, 0.4) is 0 Å². The summed E-state index contributed by atoms with van der Waals surface area (Å²) in [6.07, 6.45) is 0.953. The van der Waals surface area contributed by atoms with Gasteiger partial charge in [0.1, 0.15) is 0 Å². The Balaban J connectivity index is 1.47. The van der Waals surface area contributed by atoms with Gasteiger partial charge in [0.05, 0.1) is 22.6 Å². The highest BCUT2D eigenvalue weighted by molar-refractivity contribution is 7.91. The molecule has 0 bridgehead atoms. The van der Waals surface area contributed by atoms with E-state index in [0.29, 0.717) is 22.5 Å². The van der Waals surface area contributed by atoms with E-state index < -0.39 is 25.7 Å². The summed E-state index contributed by atoms with van der Waals surface area (Å²) >= 11 is 0. The maximum Gasteiger partial charge on any atom is 0.253 e. The lowest BCUT2D eigenvalue weighted by Gasteiger charge is -2.26. The number of carbonyl (C=O) groups excluding carboxylic acids is 1. The molecule has 1 aromatic heterocycles. The number of carbonyl (C=O) groups is 1. The number of rotatable bonds is 6. The molecule has 0 atom stereocenters. The first-order valence-electron chi connectivity index (χ1n) is 10.7. The van der Waals surface area contributed by atoms with Crippen LogP contribution in [0.5, 0.6) is 0 Å². The SMILES string of the molecule is Cc1ccc(Nc2ncc(F)c(Nc3ccc(C(=O)N4CCS(=O)(=O)CC4)cc3)n2)cc1S(N)(=O)=O. The summed E-state index contributed by atoms with van der Waals surface area (Å²) in [6.45, 7) is 1.89. The molecule has 1 saturated heterocycles. The molecular weight excluding hydrogens is 511 g/mol. The highest BCUT2D eigenvalue weighted by atomic mass is 32.2. The van der Waals surface area contributed by atoms with Gasteiger partial charge in [0.25, 0.3) is 5.91 Å². The van der Waals surface area contributed by atoms with Gasteiger partial charge in [0.15, 0.2) is 21.5 Å². The topological polar surface area (TPSA) is 164 Å². The summed E-state index contributed by atoms with van der Waals surface area (Å²) in [4.78, 5) is 22.0.